The molecule has 3 aliphatic heterocycles. The van der Waals surface area contributed by atoms with Crippen LogP contribution in [0.15, 0.2) is 18.2 Å². The minimum atomic E-state index is -0.692. The van der Waals surface area contributed by atoms with E-state index in [-0.39, 0.29) is 29.8 Å². The molecule has 1 atom stereocenters. The van der Waals surface area contributed by atoms with E-state index in [9.17, 15) is 13.6 Å². The van der Waals surface area contributed by atoms with Gasteiger partial charge in [-0.3, -0.25) is 9.69 Å². The predicted octanol–water partition coefficient (Wildman–Crippen LogP) is 3.45. The average Bonchev–Trinajstić information content (AvgIpc) is 3.56. The molecule has 2 saturated heterocycles. The number of aryl methyl sites for hydroxylation is 1. The normalized spacial score (nSPS) is 22.9. The van der Waals surface area contributed by atoms with Crippen LogP contribution in [0.25, 0.3) is 0 Å². The Kier molecular flexibility index (Phi) is 5.91. The van der Waals surface area contributed by atoms with Crippen LogP contribution in [0.1, 0.15) is 44.2 Å². The second-order valence-corrected chi connectivity index (χ2v) is 9.74. The van der Waals surface area contributed by atoms with E-state index in [1.165, 1.54) is 12.1 Å². The first-order valence-electron chi connectivity index (χ1n) is 12.5. The highest BCUT2D eigenvalue weighted by Gasteiger charge is 2.39. The third-order valence-corrected chi connectivity index (χ3v) is 7.11. The number of aromatic nitrogens is 2. The largest absolute Gasteiger partial charge is 0.487 e. The van der Waals surface area contributed by atoms with E-state index in [4.69, 9.17) is 19.4 Å². The van der Waals surface area contributed by atoms with Crippen molar-refractivity contribution in [2.45, 2.75) is 63.1 Å². The van der Waals surface area contributed by atoms with Gasteiger partial charge < -0.3 is 19.7 Å². The highest BCUT2D eigenvalue weighted by Crippen LogP contribution is 2.39. The zero-order chi connectivity index (χ0) is 23.9. The predicted molar refractivity (Wildman–Crippen MR) is 126 cm³/mol. The zero-order valence-electron chi connectivity index (χ0n) is 19.5. The van der Waals surface area contributed by atoms with Crippen LogP contribution >= 0.6 is 0 Å². The Morgan fingerprint density at radius 1 is 1.03 bits per heavy atom. The molecule has 0 spiro atoms. The first-order chi connectivity index (χ1) is 17.0. The topological polar surface area (TPSA) is 79.8 Å². The van der Waals surface area contributed by atoms with Crippen molar-refractivity contribution in [2.24, 2.45) is 0 Å². The number of nitrogens with one attached hydrogen (secondary N) is 1. The molecule has 186 valence electrons. The van der Waals surface area contributed by atoms with Crippen molar-refractivity contribution in [1.82, 2.24) is 9.97 Å². The number of rotatable bonds is 6. The summed E-state index contributed by atoms with van der Waals surface area (Å²) in [5.41, 5.74) is 0.867. The van der Waals surface area contributed by atoms with E-state index < -0.39 is 11.6 Å². The van der Waals surface area contributed by atoms with Crippen molar-refractivity contribution in [3.05, 3.63) is 35.5 Å². The smallest absolute Gasteiger partial charge is 0.228 e. The Morgan fingerprint density at radius 3 is 2.57 bits per heavy atom. The number of hydrogen-bond acceptors (Lipinski definition) is 7. The molecule has 10 heteroatoms. The maximum Gasteiger partial charge on any atom is 0.228 e. The van der Waals surface area contributed by atoms with Crippen molar-refractivity contribution in [3.8, 4) is 5.75 Å². The molecule has 0 unspecified atom stereocenters. The lowest BCUT2D eigenvalue weighted by atomic mass is 10.1. The van der Waals surface area contributed by atoms with Crippen LogP contribution in [0.3, 0.4) is 0 Å². The van der Waals surface area contributed by atoms with Crippen LogP contribution in [0.5, 0.6) is 5.75 Å². The summed E-state index contributed by atoms with van der Waals surface area (Å²) < 4.78 is 38.6. The Morgan fingerprint density at radius 2 is 1.86 bits per heavy atom. The second-order valence-electron chi connectivity index (χ2n) is 9.74. The van der Waals surface area contributed by atoms with E-state index in [1.54, 1.807) is 0 Å². The summed E-state index contributed by atoms with van der Waals surface area (Å²) in [7, 11) is 0. The highest BCUT2D eigenvalue weighted by atomic mass is 19.1. The quantitative estimate of drug-likeness (QED) is 0.672. The van der Waals surface area contributed by atoms with Gasteiger partial charge in [-0.1, -0.05) is 0 Å². The van der Waals surface area contributed by atoms with Crippen molar-refractivity contribution < 1.29 is 23.0 Å². The maximum absolute atomic E-state index is 14.0. The van der Waals surface area contributed by atoms with Gasteiger partial charge in [0.05, 0.1) is 18.3 Å². The Balaban J connectivity index is 1.24. The summed E-state index contributed by atoms with van der Waals surface area (Å²) in [5.74, 6) is 1.04. The van der Waals surface area contributed by atoms with Gasteiger partial charge in [-0.25, -0.2) is 18.7 Å². The van der Waals surface area contributed by atoms with Crippen LogP contribution in [0.4, 0.5) is 26.2 Å². The molecule has 6 rings (SSSR count). The number of carbonyl (C=O) groups is 1. The van der Waals surface area contributed by atoms with Gasteiger partial charge in [0, 0.05) is 57.5 Å². The number of fused-ring (bicyclic) bond motifs is 1. The fraction of sp³-hybridized carbons (Fsp3) is 0.560. The number of ether oxygens (including phenoxy) is 2. The molecule has 0 bridgehead atoms. The Hall–Kier alpha value is -3.01. The summed E-state index contributed by atoms with van der Waals surface area (Å²) >= 11 is 0. The summed E-state index contributed by atoms with van der Waals surface area (Å²) in [6, 6.07) is 3.78. The Bertz CT molecular complexity index is 1110. The van der Waals surface area contributed by atoms with Crippen LogP contribution in [-0.2, 0) is 16.0 Å². The highest BCUT2D eigenvalue weighted by molar-refractivity contribution is 5.96. The number of nitrogens with zero attached hydrogens (tertiary/aromatic N) is 4. The molecule has 1 amide bonds. The molecule has 1 saturated carbocycles. The summed E-state index contributed by atoms with van der Waals surface area (Å²) in [6.45, 7) is 2.64. The monoisotopic (exact) mass is 485 g/mol. The zero-order valence-corrected chi connectivity index (χ0v) is 19.5. The molecule has 0 radical (unpaired) electrons. The number of anilines is 3. The van der Waals surface area contributed by atoms with Crippen molar-refractivity contribution in [2.75, 3.05) is 41.4 Å². The summed E-state index contributed by atoms with van der Waals surface area (Å²) in [5, 5.41) is 3.53. The van der Waals surface area contributed by atoms with Gasteiger partial charge in [-0.2, -0.15) is 0 Å². The van der Waals surface area contributed by atoms with Crippen molar-refractivity contribution >= 4 is 23.4 Å². The number of halogens is 2. The fourth-order valence-corrected chi connectivity index (χ4v) is 5.08. The maximum atomic E-state index is 14.0. The molecular formula is C25H29F2N5O3. The van der Waals surface area contributed by atoms with Crippen LogP contribution < -0.4 is 19.9 Å². The number of carbonyl (C=O) groups excluding carboxylic acids is 1. The average molecular weight is 486 g/mol. The van der Waals surface area contributed by atoms with Gasteiger partial charge in [0.2, 0.25) is 5.91 Å². The summed E-state index contributed by atoms with van der Waals surface area (Å²) in [4.78, 5) is 26.7. The van der Waals surface area contributed by atoms with E-state index >= 15 is 0 Å². The molecule has 4 aliphatic rings. The van der Waals surface area contributed by atoms with Gasteiger partial charge in [0.25, 0.3) is 0 Å². The minimum absolute atomic E-state index is 0.0700. The molecule has 4 heterocycles. The number of benzene rings is 1. The Labute approximate surface area is 202 Å². The molecule has 2 aromatic rings. The number of hydrogen-bond donors (Lipinski definition) is 1. The van der Waals surface area contributed by atoms with Gasteiger partial charge in [0.15, 0.2) is 29.0 Å². The van der Waals surface area contributed by atoms with Crippen molar-refractivity contribution in [1.29, 1.82) is 0 Å². The second kappa shape index (κ2) is 9.22. The standard InChI is InChI=1S/C25H29F2N5O3/c26-15-1-5-21(19(27)13-15)35-18-7-10-31(11-8-18)25-23(28-16-9-12-34-14-16)29-20-4-6-22(33)32(17-2-3-17)24(20)30-25/h1,5,13,16-18H,2-4,6-12,14H2,(H,28,29)/t16-/m1/s1. The summed E-state index contributed by atoms with van der Waals surface area (Å²) in [6.07, 6.45) is 5.12. The van der Waals surface area contributed by atoms with Crippen LogP contribution in [0, 0.1) is 11.6 Å². The van der Waals surface area contributed by atoms with Gasteiger partial charge >= 0.3 is 0 Å². The lowest BCUT2D eigenvalue weighted by Gasteiger charge is -2.36. The van der Waals surface area contributed by atoms with E-state index in [2.05, 4.69) is 10.2 Å². The first kappa shape index (κ1) is 22.5. The first-order valence-corrected chi connectivity index (χ1v) is 12.5. The molecule has 3 fully saturated rings. The molecule has 1 aromatic carbocycles. The van der Waals surface area contributed by atoms with Crippen molar-refractivity contribution in [3.63, 3.8) is 0 Å². The van der Waals surface area contributed by atoms with E-state index in [0.717, 1.165) is 49.3 Å². The third-order valence-electron chi connectivity index (χ3n) is 7.11. The molecule has 35 heavy (non-hydrogen) atoms. The molecule has 1 N–H and O–H groups in total. The number of amides is 1. The molecule has 1 aliphatic carbocycles. The SMILES string of the molecule is O=C1CCc2nc(N[C@@H]3CCOC3)c(N3CCC(Oc4ccc(F)cc4F)CC3)nc2N1C1CC1. The van der Waals surface area contributed by atoms with E-state index in [0.29, 0.717) is 51.2 Å². The van der Waals surface area contributed by atoms with Gasteiger partial charge in [0.1, 0.15) is 11.9 Å². The third kappa shape index (κ3) is 4.63. The van der Waals surface area contributed by atoms with E-state index in [1.807, 2.05) is 4.90 Å². The minimum Gasteiger partial charge on any atom is -0.487 e. The molecular weight excluding hydrogens is 456 g/mol. The van der Waals surface area contributed by atoms with Crippen LogP contribution in [-0.4, -0.2) is 60.4 Å². The number of piperidine rings is 1. The molecule has 8 nitrogen and oxygen atoms in total. The van der Waals surface area contributed by atoms with Gasteiger partial charge in [-0.15, -0.1) is 0 Å². The lowest BCUT2D eigenvalue weighted by molar-refractivity contribution is -0.119. The fourth-order valence-electron chi connectivity index (χ4n) is 5.08. The van der Waals surface area contributed by atoms with Crippen LogP contribution in [0.2, 0.25) is 0 Å². The van der Waals surface area contributed by atoms with Gasteiger partial charge in [-0.05, 0) is 31.4 Å². The molecule has 1 aromatic heterocycles. The lowest BCUT2D eigenvalue weighted by Crippen LogP contribution is -2.42.